The summed E-state index contributed by atoms with van der Waals surface area (Å²) in [6.07, 6.45) is 5.88. The van der Waals surface area contributed by atoms with Crippen LogP contribution in [0, 0.1) is 17.8 Å². The number of sulfone groups is 1. The molecule has 4 saturated carbocycles. The maximum Gasteiger partial charge on any atom is 0.253 e. The van der Waals surface area contributed by atoms with E-state index in [1.54, 1.807) is 24.3 Å². The summed E-state index contributed by atoms with van der Waals surface area (Å²) in [6.45, 7) is 0. The minimum Gasteiger partial charge on any atom is -0.478 e. The van der Waals surface area contributed by atoms with Crippen molar-refractivity contribution < 1.29 is 23.1 Å². The van der Waals surface area contributed by atoms with E-state index in [4.69, 9.17) is 4.74 Å². The molecule has 0 saturated heterocycles. The van der Waals surface area contributed by atoms with E-state index in [-0.39, 0.29) is 17.9 Å². The van der Waals surface area contributed by atoms with Crippen LogP contribution < -0.4 is 4.74 Å². The topological polar surface area (TPSA) is 83.9 Å². The molecule has 1 aromatic rings. The highest BCUT2D eigenvalue weighted by molar-refractivity contribution is 7.90. The summed E-state index contributed by atoms with van der Waals surface area (Å²) in [5.41, 5.74) is 0.0619. The highest BCUT2D eigenvalue weighted by atomic mass is 32.2. The molecule has 5 rings (SSSR count). The molecule has 1 amide bonds. The minimum atomic E-state index is -3.21. The quantitative estimate of drug-likeness (QED) is 0.828. The van der Waals surface area contributed by atoms with Gasteiger partial charge in [0.25, 0.3) is 5.91 Å². The van der Waals surface area contributed by atoms with Crippen LogP contribution in [0.5, 0.6) is 5.75 Å². The van der Waals surface area contributed by atoms with Crippen LogP contribution in [0.2, 0.25) is 0 Å². The van der Waals surface area contributed by atoms with Crippen LogP contribution in [0.4, 0.5) is 0 Å². The first kappa shape index (κ1) is 18.7. The van der Waals surface area contributed by atoms with Gasteiger partial charge in [-0.3, -0.25) is 4.79 Å². The summed E-state index contributed by atoms with van der Waals surface area (Å²) in [5.74, 6) is 1.39. The van der Waals surface area contributed by atoms with Gasteiger partial charge in [-0.2, -0.15) is 0 Å². The lowest BCUT2D eigenvalue weighted by Gasteiger charge is -2.59. The molecule has 4 aliphatic rings. The lowest BCUT2D eigenvalue weighted by molar-refractivity contribution is -0.152. The minimum absolute atomic E-state index is 0.0332. The molecule has 4 fully saturated rings. The zero-order valence-electron chi connectivity index (χ0n) is 15.8. The summed E-state index contributed by atoms with van der Waals surface area (Å²) < 4.78 is 27.6. The Labute approximate surface area is 160 Å². The molecule has 0 aromatic heterocycles. The first-order valence-electron chi connectivity index (χ1n) is 9.54. The third kappa shape index (κ3) is 3.72. The van der Waals surface area contributed by atoms with Crippen molar-refractivity contribution >= 4 is 15.7 Å². The highest BCUT2D eigenvalue weighted by Gasteiger charge is 2.56. The van der Waals surface area contributed by atoms with Gasteiger partial charge >= 0.3 is 0 Å². The number of rotatable bonds is 5. The lowest BCUT2D eigenvalue weighted by Crippen LogP contribution is -2.61. The second kappa shape index (κ2) is 6.48. The predicted octanol–water partition coefficient (Wildman–Crippen LogP) is 2.08. The molecule has 27 heavy (non-hydrogen) atoms. The van der Waals surface area contributed by atoms with Crippen LogP contribution in [0.1, 0.15) is 42.5 Å². The molecule has 0 spiro atoms. The Morgan fingerprint density at radius 1 is 1.19 bits per heavy atom. The largest absolute Gasteiger partial charge is 0.478 e. The number of aliphatic hydroxyl groups is 1. The Kier molecular flexibility index (Phi) is 4.50. The van der Waals surface area contributed by atoms with E-state index in [0.29, 0.717) is 29.1 Å². The first-order valence-corrected chi connectivity index (χ1v) is 11.6. The number of hydrogen-bond acceptors (Lipinski definition) is 5. The van der Waals surface area contributed by atoms with Crippen molar-refractivity contribution in [3.8, 4) is 5.75 Å². The number of nitrogens with zero attached hydrogens (tertiary/aromatic N) is 1. The molecule has 7 heteroatoms. The van der Waals surface area contributed by atoms with Crippen LogP contribution in [0.15, 0.2) is 24.3 Å². The van der Waals surface area contributed by atoms with Gasteiger partial charge in [0.1, 0.15) is 5.75 Å². The number of hydrogen-bond donors (Lipinski definition) is 1. The summed E-state index contributed by atoms with van der Waals surface area (Å²) in [5, 5.41) is 10.7. The monoisotopic (exact) mass is 393 g/mol. The standard InChI is InChI=1S/C20H27NO5S/c1-21(18-15-7-13-8-16(18)11-20(23,9-13)10-15)19(22)14-3-5-17(6-4-14)26-12-27(2,24)25/h3-6,13,15-16,18,23H,7-12H2,1-2H3. The van der Waals surface area contributed by atoms with Crippen molar-refractivity contribution in [1.29, 1.82) is 0 Å². The fourth-order valence-electron chi connectivity index (χ4n) is 5.79. The first-order chi connectivity index (χ1) is 12.6. The van der Waals surface area contributed by atoms with Gasteiger partial charge in [0.05, 0.1) is 5.60 Å². The fraction of sp³-hybridized carbons (Fsp3) is 0.650. The molecule has 0 heterocycles. The third-order valence-corrected chi connectivity index (χ3v) is 7.05. The molecule has 1 N–H and O–H groups in total. The van der Waals surface area contributed by atoms with Crippen LogP contribution >= 0.6 is 0 Å². The van der Waals surface area contributed by atoms with Crippen molar-refractivity contribution in [3.63, 3.8) is 0 Å². The van der Waals surface area contributed by atoms with Gasteiger partial charge in [0, 0.05) is 24.9 Å². The summed E-state index contributed by atoms with van der Waals surface area (Å²) >= 11 is 0. The average molecular weight is 394 g/mol. The Bertz CT molecular complexity index is 818. The van der Waals surface area contributed by atoms with E-state index in [1.165, 1.54) is 0 Å². The molecule has 4 bridgehead atoms. The van der Waals surface area contributed by atoms with Crippen molar-refractivity contribution in [2.24, 2.45) is 17.8 Å². The van der Waals surface area contributed by atoms with Crippen LogP contribution in [-0.2, 0) is 9.84 Å². The van der Waals surface area contributed by atoms with E-state index in [2.05, 4.69) is 0 Å². The molecule has 6 nitrogen and oxygen atoms in total. The molecule has 2 atom stereocenters. The molecular weight excluding hydrogens is 366 g/mol. The lowest BCUT2D eigenvalue weighted by atomic mass is 9.52. The van der Waals surface area contributed by atoms with Crippen LogP contribution in [0.25, 0.3) is 0 Å². The number of ether oxygens (including phenoxy) is 1. The summed E-state index contributed by atoms with van der Waals surface area (Å²) in [6, 6.07) is 6.81. The second-order valence-electron chi connectivity index (χ2n) is 8.81. The van der Waals surface area contributed by atoms with E-state index < -0.39 is 15.4 Å². The molecule has 4 aliphatic carbocycles. The van der Waals surface area contributed by atoms with Crippen molar-refractivity contribution in [1.82, 2.24) is 4.90 Å². The van der Waals surface area contributed by atoms with Crippen molar-refractivity contribution in [2.75, 3.05) is 19.2 Å². The fourth-order valence-corrected chi connectivity index (χ4v) is 6.15. The Morgan fingerprint density at radius 3 is 2.30 bits per heavy atom. The van der Waals surface area contributed by atoms with Crippen molar-refractivity contribution in [3.05, 3.63) is 29.8 Å². The van der Waals surface area contributed by atoms with Gasteiger partial charge in [0.2, 0.25) is 0 Å². The predicted molar refractivity (Wildman–Crippen MR) is 101 cm³/mol. The molecule has 1 aromatic carbocycles. The van der Waals surface area contributed by atoms with E-state index in [0.717, 1.165) is 38.4 Å². The van der Waals surface area contributed by atoms with E-state index >= 15 is 0 Å². The number of amides is 1. The van der Waals surface area contributed by atoms with Gasteiger partial charge in [-0.15, -0.1) is 0 Å². The van der Waals surface area contributed by atoms with E-state index in [1.807, 2.05) is 11.9 Å². The summed E-state index contributed by atoms with van der Waals surface area (Å²) in [4.78, 5) is 14.9. The number of carbonyl (C=O) groups is 1. The van der Waals surface area contributed by atoms with Gasteiger partial charge in [0.15, 0.2) is 15.8 Å². The molecular formula is C20H27NO5S. The maximum atomic E-state index is 13.0. The maximum absolute atomic E-state index is 13.0. The Morgan fingerprint density at radius 2 is 1.78 bits per heavy atom. The number of benzene rings is 1. The third-order valence-electron chi connectivity index (χ3n) is 6.50. The molecule has 0 radical (unpaired) electrons. The van der Waals surface area contributed by atoms with Crippen LogP contribution in [-0.4, -0.2) is 55.2 Å². The number of carbonyl (C=O) groups excluding carboxylic acids is 1. The van der Waals surface area contributed by atoms with Gasteiger partial charge in [-0.1, -0.05) is 0 Å². The molecule has 2 unspecified atom stereocenters. The Hall–Kier alpha value is -1.60. The summed E-state index contributed by atoms with van der Waals surface area (Å²) in [7, 11) is -1.34. The average Bonchev–Trinajstić information content (AvgIpc) is 2.57. The normalized spacial score (nSPS) is 34.5. The zero-order chi connectivity index (χ0) is 19.4. The van der Waals surface area contributed by atoms with Gasteiger partial charge < -0.3 is 14.7 Å². The van der Waals surface area contributed by atoms with Crippen molar-refractivity contribution in [2.45, 2.75) is 43.7 Å². The SMILES string of the molecule is CN(C(=O)c1ccc(OCS(C)(=O)=O)cc1)C1C2CC3CC1CC(O)(C3)C2. The van der Waals surface area contributed by atoms with Crippen LogP contribution in [0.3, 0.4) is 0 Å². The smallest absolute Gasteiger partial charge is 0.253 e. The second-order valence-corrected chi connectivity index (χ2v) is 10.9. The molecule has 148 valence electrons. The van der Waals surface area contributed by atoms with Gasteiger partial charge in [-0.05, 0) is 74.1 Å². The molecule has 0 aliphatic heterocycles. The zero-order valence-corrected chi connectivity index (χ0v) is 16.6. The van der Waals surface area contributed by atoms with E-state index in [9.17, 15) is 18.3 Å². The van der Waals surface area contributed by atoms with Gasteiger partial charge in [-0.25, -0.2) is 8.42 Å². The highest BCUT2D eigenvalue weighted by Crippen LogP contribution is 2.56. The Balaban J connectivity index is 1.45.